The van der Waals surface area contributed by atoms with Crippen molar-refractivity contribution in [1.29, 1.82) is 0 Å². The molecule has 2 rings (SSSR count). The molecule has 0 fully saturated rings. The number of nitrogens with two attached hydrogens (primary N) is 3. The number of phenols is 1. The van der Waals surface area contributed by atoms with Gasteiger partial charge in [0.1, 0.15) is 5.75 Å². The van der Waals surface area contributed by atoms with Gasteiger partial charge in [0.15, 0.2) is 0 Å². The van der Waals surface area contributed by atoms with Gasteiger partial charge in [0, 0.05) is 11.5 Å². The van der Waals surface area contributed by atoms with Crippen molar-refractivity contribution in [2.75, 3.05) is 0 Å². The first-order valence-corrected chi connectivity index (χ1v) is 10.2. The summed E-state index contributed by atoms with van der Waals surface area (Å²) in [4.78, 5) is -1.90. The van der Waals surface area contributed by atoms with Gasteiger partial charge in [-0.25, -0.2) is 40.7 Å². The minimum absolute atomic E-state index is 0. The summed E-state index contributed by atoms with van der Waals surface area (Å²) in [7, 11) is -13.0. The highest BCUT2D eigenvalue weighted by atomic mass is 32.2. The van der Waals surface area contributed by atoms with E-state index in [-0.39, 0.29) is 16.2 Å². The number of aromatic hydroxyl groups is 1. The van der Waals surface area contributed by atoms with Gasteiger partial charge in [-0.15, -0.1) is 0 Å². The van der Waals surface area contributed by atoms with Crippen LogP contribution in [-0.2, 0) is 30.1 Å². The highest BCUT2D eigenvalue weighted by Gasteiger charge is 2.22. The molecule has 0 heterocycles. The highest BCUT2D eigenvalue weighted by molar-refractivity contribution is 7.90. The third-order valence-corrected chi connectivity index (χ3v) is 5.62. The zero-order valence-electron chi connectivity index (χ0n) is 11.7. The van der Waals surface area contributed by atoms with Crippen LogP contribution in [0, 0.1) is 0 Å². The molecule has 0 aliphatic carbocycles. The molecule has 2 aromatic carbocycles. The first-order chi connectivity index (χ1) is 10.2. The zero-order chi connectivity index (χ0) is 17.8. The maximum atomic E-state index is 11.6. The summed E-state index contributed by atoms with van der Waals surface area (Å²) in [6.07, 6.45) is 0. The van der Waals surface area contributed by atoms with Crippen molar-refractivity contribution in [3.05, 3.63) is 24.3 Å². The normalized spacial score (nSPS) is 12.8. The van der Waals surface area contributed by atoms with Crippen LogP contribution in [0.5, 0.6) is 5.75 Å². The minimum atomic E-state index is -4.44. The van der Waals surface area contributed by atoms with E-state index < -0.39 is 50.5 Å². The van der Waals surface area contributed by atoms with Gasteiger partial charge in [-0.2, -0.15) is 0 Å². The Kier molecular flexibility index (Phi) is 4.99. The average Bonchev–Trinajstić information content (AvgIpc) is 2.33. The van der Waals surface area contributed by atoms with E-state index in [4.69, 9.17) is 15.4 Å². The quantitative estimate of drug-likeness (QED) is 0.438. The van der Waals surface area contributed by atoms with Crippen LogP contribution in [0.4, 0.5) is 0 Å². The summed E-state index contributed by atoms with van der Waals surface area (Å²) in [5.74, 6) is -0.753. The predicted molar refractivity (Wildman–Crippen MR) is 83.3 cm³/mol. The molecule has 0 radical (unpaired) electrons. The van der Waals surface area contributed by atoms with Gasteiger partial charge in [0.25, 0.3) is 0 Å². The third kappa shape index (κ3) is 3.81. The van der Waals surface area contributed by atoms with Gasteiger partial charge in [-0.1, -0.05) is 0 Å². The Morgan fingerprint density at radius 2 is 1.12 bits per heavy atom. The second kappa shape index (κ2) is 5.92. The van der Waals surface area contributed by atoms with Crippen LogP contribution in [0.2, 0.25) is 0 Å². The molecule has 9 N–H and O–H groups in total. The fourth-order valence-electron chi connectivity index (χ4n) is 1.95. The number of hydrogen-bond acceptors (Lipinski definition) is 7. The average molecular weight is 399 g/mol. The number of fused-ring (bicyclic) bond motifs is 1. The van der Waals surface area contributed by atoms with Crippen LogP contribution in [0.25, 0.3) is 10.8 Å². The van der Waals surface area contributed by atoms with Crippen LogP contribution in [0.3, 0.4) is 0 Å². The van der Waals surface area contributed by atoms with E-state index in [0.29, 0.717) is 6.07 Å². The molecule has 0 unspecified atom stereocenters. The lowest BCUT2D eigenvalue weighted by atomic mass is 10.1. The molecule has 0 aliphatic heterocycles. The van der Waals surface area contributed by atoms with Gasteiger partial charge in [-0.3, -0.25) is 0 Å². The van der Waals surface area contributed by atoms with Crippen molar-refractivity contribution in [2.45, 2.75) is 14.7 Å². The fraction of sp³-hybridized carbons (Fsp3) is 0. The Labute approximate surface area is 137 Å². The summed E-state index contributed by atoms with van der Waals surface area (Å²) in [6, 6.07) is 3.19. The second-order valence-electron chi connectivity index (χ2n) is 4.60. The SMILES string of the molecule is NS(=O)(=O)c1cc(O)c2c(S(N)(=O)=O)cc(S(N)(=O)=O)cc2c1.O. The number of rotatable bonds is 3. The molecule has 0 saturated heterocycles. The summed E-state index contributed by atoms with van der Waals surface area (Å²) in [6.45, 7) is 0. The van der Waals surface area contributed by atoms with E-state index in [1.165, 1.54) is 0 Å². The Balaban J connectivity index is 0.00000288. The standard InChI is InChI=1S/C10H11N3O7S3.H2O/c11-21(15,16)6-1-5-2-7(22(12,17)18)4-9(23(13,19)20)10(5)8(14)3-6;/h1-4,14H,(H2,11,15,16)(H2,12,17,18)(H2,13,19,20);1H2. The van der Waals surface area contributed by atoms with Crippen LogP contribution in [0.15, 0.2) is 39.0 Å². The van der Waals surface area contributed by atoms with E-state index in [1.807, 2.05) is 0 Å². The molecular weight excluding hydrogens is 386 g/mol. The second-order valence-corrected chi connectivity index (χ2v) is 9.25. The first-order valence-electron chi connectivity index (χ1n) is 5.60. The maximum Gasteiger partial charge on any atom is 0.238 e. The summed E-state index contributed by atoms with van der Waals surface area (Å²) < 4.78 is 69.0. The summed E-state index contributed by atoms with van der Waals surface area (Å²) in [5, 5.41) is 24.2. The Morgan fingerprint density at radius 1 is 0.708 bits per heavy atom. The fourth-order valence-corrected chi connectivity index (χ4v) is 3.97. The Bertz CT molecular complexity index is 1130. The first kappa shape index (κ1) is 20.2. The van der Waals surface area contributed by atoms with Crippen molar-refractivity contribution in [3.8, 4) is 5.75 Å². The largest absolute Gasteiger partial charge is 0.507 e. The molecule has 0 atom stereocenters. The number of primary sulfonamides is 3. The lowest BCUT2D eigenvalue weighted by Crippen LogP contribution is -2.17. The molecular formula is C10H13N3O8S3. The smallest absolute Gasteiger partial charge is 0.238 e. The van der Waals surface area contributed by atoms with Crippen molar-refractivity contribution in [3.63, 3.8) is 0 Å². The molecule has 134 valence electrons. The predicted octanol–water partition coefficient (Wildman–Crippen LogP) is -2.34. The lowest BCUT2D eigenvalue weighted by molar-refractivity contribution is 0.478. The van der Waals surface area contributed by atoms with Crippen LogP contribution < -0.4 is 15.4 Å². The van der Waals surface area contributed by atoms with Crippen molar-refractivity contribution in [2.24, 2.45) is 15.4 Å². The van der Waals surface area contributed by atoms with E-state index in [0.717, 1.165) is 18.2 Å². The van der Waals surface area contributed by atoms with Crippen LogP contribution in [-0.4, -0.2) is 35.8 Å². The zero-order valence-corrected chi connectivity index (χ0v) is 14.1. The maximum absolute atomic E-state index is 11.6. The van der Waals surface area contributed by atoms with Crippen molar-refractivity contribution >= 4 is 40.8 Å². The van der Waals surface area contributed by atoms with Crippen molar-refractivity contribution in [1.82, 2.24) is 0 Å². The minimum Gasteiger partial charge on any atom is -0.507 e. The Hall–Kier alpha value is -1.81. The molecule has 0 bridgehead atoms. The van der Waals surface area contributed by atoms with Crippen molar-refractivity contribution < 1.29 is 35.8 Å². The molecule has 0 spiro atoms. The molecule has 0 aliphatic rings. The molecule has 24 heavy (non-hydrogen) atoms. The molecule has 14 heteroatoms. The number of benzene rings is 2. The lowest BCUT2D eigenvalue weighted by Gasteiger charge is -2.11. The van der Waals surface area contributed by atoms with E-state index in [1.54, 1.807) is 0 Å². The van der Waals surface area contributed by atoms with Gasteiger partial charge in [0.05, 0.1) is 14.7 Å². The number of sulfonamides is 3. The Morgan fingerprint density at radius 3 is 1.50 bits per heavy atom. The van der Waals surface area contributed by atoms with Gasteiger partial charge in [-0.05, 0) is 23.6 Å². The number of phenolic OH excluding ortho intramolecular Hbond substituents is 1. The summed E-state index contributed by atoms with van der Waals surface area (Å²) in [5.41, 5.74) is 0. The topological polar surface area (TPSA) is 232 Å². The van der Waals surface area contributed by atoms with Gasteiger partial charge < -0.3 is 10.6 Å². The highest BCUT2D eigenvalue weighted by Crippen LogP contribution is 2.35. The van der Waals surface area contributed by atoms with Gasteiger partial charge in [0.2, 0.25) is 30.1 Å². The molecule has 11 nitrogen and oxygen atoms in total. The monoisotopic (exact) mass is 399 g/mol. The molecule has 0 amide bonds. The van der Waals surface area contributed by atoms with Crippen LogP contribution in [0.1, 0.15) is 0 Å². The van der Waals surface area contributed by atoms with Gasteiger partial charge >= 0.3 is 0 Å². The van der Waals surface area contributed by atoms with E-state index >= 15 is 0 Å². The van der Waals surface area contributed by atoms with E-state index in [2.05, 4.69) is 0 Å². The third-order valence-electron chi connectivity index (χ3n) is 2.90. The van der Waals surface area contributed by atoms with Crippen LogP contribution >= 0.6 is 0 Å². The molecule has 0 aromatic heterocycles. The summed E-state index contributed by atoms with van der Waals surface area (Å²) >= 11 is 0. The number of hydrogen-bond donors (Lipinski definition) is 4. The molecule has 2 aromatic rings. The van der Waals surface area contributed by atoms with E-state index in [9.17, 15) is 30.4 Å². The molecule has 0 saturated carbocycles.